The Labute approximate surface area is 143 Å². The van der Waals surface area contributed by atoms with Crippen molar-refractivity contribution >= 4 is 6.08 Å². The molecular formula is C20H24N2O2. The van der Waals surface area contributed by atoms with Crippen molar-refractivity contribution in [2.24, 2.45) is 0 Å². The van der Waals surface area contributed by atoms with Gasteiger partial charge in [0.1, 0.15) is 12.4 Å². The van der Waals surface area contributed by atoms with E-state index in [9.17, 15) is 5.11 Å². The number of hydrogen-bond donors (Lipinski definition) is 1. The molecule has 0 aliphatic heterocycles. The van der Waals surface area contributed by atoms with Gasteiger partial charge < -0.3 is 9.84 Å². The first-order valence-corrected chi connectivity index (χ1v) is 8.20. The van der Waals surface area contributed by atoms with Crippen LogP contribution in [0.3, 0.4) is 0 Å². The first-order chi connectivity index (χ1) is 11.7. The second-order valence-electron chi connectivity index (χ2n) is 5.63. The topological polar surface area (TPSA) is 55.2 Å². The zero-order valence-corrected chi connectivity index (χ0v) is 14.1. The van der Waals surface area contributed by atoms with Crippen molar-refractivity contribution in [3.8, 4) is 17.0 Å². The van der Waals surface area contributed by atoms with Crippen LogP contribution in [0.1, 0.15) is 31.9 Å². The highest BCUT2D eigenvalue weighted by atomic mass is 16.5. The van der Waals surface area contributed by atoms with Crippen molar-refractivity contribution in [3.63, 3.8) is 0 Å². The number of aliphatic hydroxyl groups excluding tert-OH is 1. The molecule has 0 saturated carbocycles. The predicted octanol–water partition coefficient (Wildman–Crippen LogP) is 4.27. The molecule has 0 amide bonds. The maximum absolute atomic E-state index is 9.21. The van der Waals surface area contributed by atoms with Crippen LogP contribution in [0.5, 0.6) is 5.75 Å². The molecule has 1 N–H and O–H groups in total. The standard InChI is InChI=1S/C20H24N2O2/c1-3-13-24-19-11-9-17(10-12-19)20-15-21-18(14-22-20)8-6-4-5-7-16(2)23/h3,6,8-12,14-16,23H,1,4-5,7,13H2,2H3/b8-6+. The minimum atomic E-state index is -0.231. The molecule has 2 rings (SSSR count). The van der Waals surface area contributed by atoms with Gasteiger partial charge in [-0.05, 0) is 56.5 Å². The highest BCUT2D eigenvalue weighted by Crippen LogP contribution is 2.20. The third kappa shape index (κ3) is 5.97. The normalized spacial score (nSPS) is 12.2. The van der Waals surface area contributed by atoms with Crippen molar-refractivity contribution in [2.45, 2.75) is 32.3 Å². The smallest absolute Gasteiger partial charge is 0.119 e. The van der Waals surface area contributed by atoms with E-state index in [1.165, 1.54) is 0 Å². The first-order valence-electron chi connectivity index (χ1n) is 8.20. The largest absolute Gasteiger partial charge is 0.490 e. The van der Waals surface area contributed by atoms with E-state index >= 15 is 0 Å². The maximum atomic E-state index is 9.21. The Morgan fingerprint density at radius 3 is 2.62 bits per heavy atom. The summed E-state index contributed by atoms with van der Waals surface area (Å²) in [5.74, 6) is 0.809. The average molecular weight is 324 g/mol. The second-order valence-corrected chi connectivity index (χ2v) is 5.63. The third-order valence-electron chi connectivity index (χ3n) is 3.47. The van der Waals surface area contributed by atoms with E-state index in [0.717, 1.165) is 42.0 Å². The fraction of sp³-hybridized carbons (Fsp3) is 0.300. The van der Waals surface area contributed by atoms with Gasteiger partial charge in [-0.2, -0.15) is 0 Å². The zero-order chi connectivity index (χ0) is 17.2. The molecule has 1 heterocycles. The minimum Gasteiger partial charge on any atom is -0.490 e. The van der Waals surface area contributed by atoms with Crippen LogP contribution in [-0.4, -0.2) is 27.8 Å². The zero-order valence-electron chi connectivity index (χ0n) is 14.1. The summed E-state index contributed by atoms with van der Waals surface area (Å²) in [6.45, 7) is 5.94. The summed E-state index contributed by atoms with van der Waals surface area (Å²) >= 11 is 0. The average Bonchev–Trinajstić information content (AvgIpc) is 2.60. The van der Waals surface area contributed by atoms with Crippen LogP contribution in [0.15, 0.2) is 55.4 Å². The number of aromatic nitrogens is 2. The molecule has 126 valence electrons. The Kier molecular flexibility index (Phi) is 7.18. The Morgan fingerprint density at radius 1 is 1.21 bits per heavy atom. The number of rotatable bonds is 9. The van der Waals surface area contributed by atoms with Gasteiger partial charge in [-0.25, -0.2) is 0 Å². The van der Waals surface area contributed by atoms with E-state index in [1.807, 2.05) is 37.3 Å². The van der Waals surface area contributed by atoms with Crippen LogP contribution < -0.4 is 4.74 Å². The van der Waals surface area contributed by atoms with Gasteiger partial charge in [0.25, 0.3) is 0 Å². The van der Waals surface area contributed by atoms with Gasteiger partial charge in [0.05, 0.1) is 29.9 Å². The lowest BCUT2D eigenvalue weighted by atomic mass is 10.1. The van der Waals surface area contributed by atoms with Crippen LogP contribution in [0, 0.1) is 0 Å². The molecule has 4 nitrogen and oxygen atoms in total. The summed E-state index contributed by atoms with van der Waals surface area (Å²) in [5, 5.41) is 9.21. The molecule has 0 spiro atoms. The lowest BCUT2D eigenvalue weighted by Crippen LogP contribution is -1.97. The van der Waals surface area contributed by atoms with Gasteiger partial charge in [0, 0.05) is 5.56 Å². The van der Waals surface area contributed by atoms with E-state index < -0.39 is 0 Å². The minimum absolute atomic E-state index is 0.231. The van der Waals surface area contributed by atoms with Crippen LogP contribution in [0.4, 0.5) is 0 Å². The fourth-order valence-corrected chi connectivity index (χ4v) is 2.19. The molecule has 2 aromatic rings. The maximum Gasteiger partial charge on any atom is 0.119 e. The molecule has 0 bridgehead atoms. The molecule has 0 radical (unpaired) electrons. The predicted molar refractivity (Wildman–Crippen MR) is 97.7 cm³/mol. The summed E-state index contributed by atoms with van der Waals surface area (Å²) in [6, 6.07) is 7.76. The number of nitrogens with zero attached hydrogens (tertiary/aromatic N) is 2. The molecule has 1 atom stereocenters. The molecule has 4 heteroatoms. The van der Waals surface area contributed by atoms with Gasteiger partial charge in [0.15, 0.2) is 0 Å². The first kappa shape index (κ1) is 17.9. The SMILES string of the molecule is C=CCOc1ccc(-c2cnc(/C=C/CCCC(C)O)cn2)cc1. The Balaban J connectivity index is 1.91. The highest BCUT2D eigenvalue weighted by molar-refractivity contribution is 5.59. The quantitative estimate of drug-likeness (QED) is 0.553. The molecule has 0 saturated heterocycles. The van der Waals surface area contributed by atoms with E-state index in [-0.39, 0.29) is 6.10 Å². The van der Waals surface area contributed by atoms with Gasteiger partial charge in [0.2, 0.25) is 0 Å². The van der Waals surface area contributed by atoms with Crippen molar-refractivity contribution < 1.29 is 9.84 Å². The Hall–Kier alpha value is -2.46. The Morgan fingerprint density at radius 2 is 2.00 bits per heavy atom. The molecule has 1 aromatic heterocycles. The molecule has 1 aromatic carbocycles. The van der Waals surface area contributed by atoms with Crippen molar-refractivity contribution in [2.75, 3.05) is 6.61 Å². The van der Waals surface area contributed by atoms with Gasteiger partial charge in [-0.15, -0.1) is 0 Å². The summed E-state index contributed by atoms with van der Waals surface area (Å²) in [6.07, 6.45) is 11.8. The van der Waals surface area contributed by atoms with E-state index in [4.69, 9.17) is 4.74 Å². The number of ether oxygens (including phenoxy) is 1. The van der Waals surface area contributed by atoms with Crippen molar-refractivity contribution in [1.29, 1.82) is 0 Å². The number of benzene rings is 1. The molecule has 0 fully saturated rings. The van der Waals surface area contributed by atoms with Gasteiger partial charge >= 0.3 is 0 Å². The molecule has 1 unspecified atom stereocenters. The summed E-state index contributed by atoms with van der Waals surface area (Å²) < 4.78 is 5.47. The summed E-state index contributed by atoms with van der Waals surface area (Å²) in [5.41, 5.74) is 2.67. The monoisotopic (exact) mass is 324 g/mol. The highest BCUT2D eigenvalue weighted by Gasteiger charge is 2.01. The Bertz CT molecular complexity index is 646. The van der Waals surface area contributed by atoms with Crippen LogP contribution in [0.2, 0.25) is 0 Å². The molecule has 24 heavy (non-hydrogen) atoms. The number of unbranched alkanes of at least 4 members (excludes halogenated alkanes) is 1. The van der Waals surface area contributed by atoms with Crippen molar-refractivity contribution in [3.05, 3.63) is 61.1 Å². The van der Waals surface area contributed by atoms with Crippen molar-refractivity contribution in [1.82, 2.24) is 9.97 Å². The summed E-state index contributed by atoms with van der Waals surface area (Å²) in [7, 11) is 0. The second kappa shape index (κ2) is 9.63. The lowest BCUT2D eigenvalue weighted by molar-refractivity contribution is 0.182. The van der Waals surface area contributed by atoms with Gasteiger partial charge in [-0.3, -0.25) is 9.97 Å². The molecular weight excluding hydrogens is 300 g/mol. The third-order valence-corrected chi connectivity index (χ3v) is 3.47. The van der Waals surface area contributed by atoms with Crippen LogP contribution >= 0.6 is 0 Å². The van der Waals surface area contributed by atoms with E-state index in [0.29, 0.717) is 6.61 Å². The fourth-order valence-electron chi connectivity index (χ4n) is 2.19. The van der Waals surface area contributed by atoms with Crippen LogP contribution in [0.25, 0.3) is 17.3 Å². The van der Waals surface area contributed by atoms with E-state index in [1.54, 1.807) is 18.5 Å². The summed E-state index contributed by atoms with van der Waals surface area (Å²) in [4.78, 5) is 8.87. The number of hydrogen-bond acceptors (Lipinski definition) is 4. The number of allylic oxidation sites excluding steroid dienone is 1. The van der Waals surface area contributed by atoms with Crippen LogP contribution in [-0.2, 0) is 0 Å². The number of aliphatic hydroxyl groups is 1. The van der Waals surface area contributed by atoms with Gasteiger partial charge in [-0.1, -0.05) is 18.7 Å². The molecule has 0 aliphatic carbocycles. The molecule has 0 aliphatic rings. The lowest BCUT2D eigenvalue weighted by Gasteiger charge is -2.05. The van der Waals surface area contributed by atoms with E-state index in [2.05, 4.69) is 22.6 Å².